The van der Waals surface area contributed by atoms with Gasteiger partial charge >= 0.3 is 6.09 Å². The van der Waals surface area contributed by atoms with Gasteiger partial charge in [-0.2, -0.15) is 0 Å². The molecule has 142 valence electrons. The molecule has 0 heterocycles. The molecule has 1 aromatic carbocycles. The highest BCUT2D eigenvalue weighted by Crippen LogP contribution is 2.18. The van der Waals surface area contributed by atoms with Crippen LogP contribution in [0.25, 0.3) is 0 Å². The third kappa shape index (κ3) is 7.91. The first kappa shape index (κ1) is 21.5. The van der Waals surface area contributed by atoms with Gasteiger partial charge in [-0.1, -0.05) is 52.0 Å². The van der Waals surface area contributed by atoms with E-state index < -0.39 is 5.60 Å². The molecule has 0 spiro atoms. The van der Waals surface area contributed by atoms with E-state index in [1.165, 1.54) is 11.1 Å². The Kier molecular flexibility index (Phi) is 8.43. The minimum Gasteiger partial charge on any atom is -0.444 e. The number of carbonyl (C=O) groups is 1. The molecule has 1 amide bonds. The quantitative estimate of drug-likeness (QED) is 0.707. The number of hydrogen-bond acceptors (Lipinski definition) is 3. The molecule has 0 aliphatic heterocycles. The summed E-state index contributed by atoms with van der Waals surface area (Å²) in [5, 5.41) is 6.60. The predicted molar refractivity (Wildman–Crippen MR) is 105 cm³/mol. The van der Waals surface area contributed by atoms with Gasteiger partial charge in [0.1, 0.15) is 5.60 Å². The van der Waals surface area contributed by atoms with Crippen LogP contribution in [0.15, 0.2) is 24.3 Å². The van der Waals surface area contributed by atoms with Crippen LogP contribution in [-0.4, -0.2) is 24.3 Å². The van der Waals surface area contributed by atoms with Crippen molar-refractivity contribution in [3.05, 3.63) is 35.4 Å². The van der Waals surface area contributed by atoms with Gasteiger partial charge in [-0.3, -0.25) is 0 Å². The Morgan fingerprint density at radius 2 is 1.72 bits per heavy atom. The largest absolute Gasteiger partial charge is 0.444 e. The van der Waals surface area contributed by atoms with Crippen molar-refractivity contribution in [1.82, 2.24) is 10.6 Å². The second-order valence-electron chi connectivity index (χ2n) is 7.96. The molecule has 0 saturated carbocycles. The Labute approximate surface area is 153 Å². The second kappa shape index (κ2) is 9.81. The zero-order valence-corrected chi connectivity index (χ0v) is 17.0. The topological polar surface area (TPSA) is 50.4 Å². The lowest BCUT2D eigenvalue weighted by Crippen LogP contribution is -2.47. The Bertz CT molecular complexity index is 518. The Morgan fingerprint density at radius 1 is 1.12 bits per heavy atom. The summed E-state index contributed by atoms with van der Waals surface area (Å²) < 4.78 is 5.38. The molecule has 4 heteroatoms. The highest BCUT2D eigenvalue weighted by Gasteiger charge is 2.22. The van der Waals surface area contributed by atoms with Crippen molar-refractivity contribution in [1.29, 1.82) is 0 Å². The van der Waals surface area contributed by atoms with E-state index in [9.17, 15) is 4.79 Å². The Hall–Kier alpha value is -1.55. The average molecular weight is 349 g/mol. The van der Waals surface area contributed by atoms with E-state index in [0.29, 0.717) is 12.5 Å². The molecule has 0 bridgehead atoms. The van der Waals surface area contributed by atoms with E-state index in [1.54, 1.807) is 0 Å². The summed E-state index contributed by atoms with van der Waals surface area (Å²) in [6.07, 6.45) is 1.70. The molecule has 0 saturated heterocycles. The summed E-state index contributed by atoms with van der Waals surface area (Å²) >= 11 is 0. The van der Waals surface area contributed by atoms with E-state index in [-0.39, 0.29) is 18.2 Å². The van der Waals surface area contributed by atoms with Gasteiger partial charge < -0.3 is 15.4 Å². The first-order valence-electron chi connectivity index (χ1n) is 9.48. The maximum absolute atomic E-state index is 12.1. The van der Waals surface area contributed by atoms with Crippen LogP contribution in [0.2, 0.25) is 0 Å². The molecule has 0 fully saturated rings. The van der Waals surface area contributed by atoms with Gasteiger partial charge in [0.2, 0.25) is 0 Å². The molecular formula is C21H36N2O2. The molecule has 4 nitrogen and oxygen atoms in total. The number of rotatable bonds is 8. The Balaban J connectivity index is 2.66. The molecule has 0 aliphatic rings. The molecular weight excluding hydrogens is 312 g/mol. The third-order valence-electron chi connectivity index (χ3n) is 4.29. The number of hydrogen-bond donors (Lipinski definition) is 2. The standard InChI is InChI=1S/C21H36N2O2/c1-8-16-10-12-17(13-11-16)18(9-2)22-14-19(15(3)4)23-20(24)25-21(5,6)7/h10-13,15,18-19,22H,8-9,14H2,1-7H3,(H,23,24). The van der Waals surface area contributed by atoms with Crippen LogP contribution >= 0.6 is 0 Å². The van der Waals surface area contributed by atoms with Gasteiger partial charge in [-0.05, 0) is 50.7 Å². The van der Waals surface area contributed by atoms with Crippen LogP contribution in [0, 0.1) is 5.92 Å². The molecule has 0 aromatic heterocycles. The first-order valence-corrected chi connectivity index (χ1v) is 9.48. The molecule has 1 aromatic rings. The molecule has 0 aliphatic carbocycles. The summed E-state index contributed by atoms with van der Waals surface area (Å²) in [5.41, 5.74) is 2.16. The number of carbonyl (C=O) groups excluding carboxylic acids is 1. The minimum absolute atomic E-state index is 0.0267. The number of alkyl carbamates (subject to hydrolysis) is 1. The van der Waals surface area contributed by atoms with Crippen molar-refractivity contribution in [2.24, 2.45) is 5.92 Å². The summed E-state index contributed by atoms with van der Waals surface area (Å²) in [6.45, 7) is 14.9. The van der Waals surface area contributed by atoms with Crippen LogP contribution < -0.4 is 10.6 Å². The number of benzene rings is 1. The van der Waals surface area contributed by atoms with E-state index in [0.717, 1.165) is 12.8 Å². The monoisotopic (exact) mass is 348 g/mol. The zero-order chi connectivity index (χ0) is 19.0. The number of ether oxygens (including phenoxy) is 1. The van der Waals surface area contributed by atoms with Crippen molar-refractivity contribution >= 4 is 6.09 Å². The molecule has 2 unspecified atom stereocenters. The van der Waals surface area contributed by atoms with Crippen molar-refractivity contribution in [2.75, 3.05) is 6.54 Å². The second-order valence-corrected chi connectivity index (χ2v) is 7.96. The van der Waals surface area contributed by atoms with Crippen LogP contribution in [0.4, 0.5) is 4.79 Å². The molecule has 0 radical (unpaired) electrons. The number of amides is 1. The highest BCUT2D eigenvalue weighted by molar-refractivity contribution is 5.68. The van der Waals surface area contributed by atoms with Crippen LogP contribution in [-0.2, 0) is 11.2 Å². The lowest BCUT2D eigenvalue weighted by Gasteiger charge is -2.28. The fraction of sp³-hybridized carbons (Fsp3) is 0.667. The number of nitrogens with one attached hydrogen (secondary N) is 2. The molecule has 2 N–H and O–H groups in total. The van der Waals surface area contributed by atoms with E-state index in [1.807, 2.05) is 20.8 Å². The molecule has 25 heavy (non-hydrogen) atoms. The summed E-state index contributed by atoms with van der Waals surface area (Å²) in [7, 11) is 0. The van der Waals surface area contributed by atoms with Crippen molar-refractivity contribution in [3.63, 3.8) is 0 Å². The number of aryl methyl sites for hydroxylation is 1. The summed E-state index contributed by atoms with van der Waals surface area (Å²) in [6, 6.07) is 9.10. The van der Waals surface area contributed by atoms with Crippen LogP contribution in [0.3, 0.4) is 0 Å². The normalized spacial score (nSPS) is 14.2. The molecule has 1 rings (SSSR count). The fourth-order valence-corrected chi connectivity index (χ4v) is 2.67. The van der Waals surface area contributed by atoms with Crippen LogP contribution in [0.5, 0.6) is 0 Å². The van der Waals surface area contributed by atoms with Crippen molar-refractivity contribution in [3.8, 4) is 0 Å². The zero-order valence-electron chi connectivity index (χ0n) is 17.0. The maximum atomic E-state index is 12.1. The average Bonchev–Trinajstić information content (AvgIpc) is 2.53. The van der Waals surface area contributed by atoms with Gasteiger partial charge in [0, 0.05) is 18.6 Å². The molecule has 2 atom stereocenters. The van der Waals surface area contributed by atoms with Gasteiger partial charge in [-0.25, -0.2) is 4.79 Å². The van der Waals surface area contributed by atoms with Crippen molar-refractivity contribution in [2.45, 2.75) is 79.0 Å². The fourth-order valence-electron chi connectivity index (χ4n) is 2.67. The van der Waals surface area contributed by atoms with E-state index in [2.05, 4.69) is 62.6 Å². The minimum atomic E-state index is -0.480. The summed E-state index contributed by atoms with van der Waals surface area (Å²) in [4.78, 5) is 12.1. The SMILES string of the molecule is CCc1ccc(C(CC)NCC(NC(=O)OC(C)(C)C)C(C)C)cc1. The van der Waals surface area contributed by atoms with Gasteiger partial charge in [-0.15, -0.1) is 0 Å². The lowest BCUT2D eigenvalue weighted by molar-refractivity contribution is 0.0489. The van der Waals surface area contributed by atoms with Gasteiger partial charge in [0.25, 0.3) is 0 Å². The van der Waals surface area contributed by atoms with E-state index in [4.69, 9.17) is 4.74 Å². The van der Waals surface area contributed by atoms with Crippen molar-refractivity contribution < 1.29 is 9.53 Å². The predicted octanol–water partition coefficient (Wildman–Crippen LogP) is 4.84. The summed E-state index contributed by atoms with van der Waals surface area (Å²) in [5.74, 6) is 0.319. The van der Waals surface area contributed by atoms with Gasteiger partial charge in [0.05, 0.1) is 0 Å². The van der Waals surface area contributed by atoms with Gasteiger partial charge in [0.15, 0.2) is 0 Å². The smallest absolute Gasteiger partial charge is 0.407 e. The van der Waals surface area contributed by atoms with Crippen LogP contribution in [0.1, 0.15) is 72.1 Å². The Morgan fingerprint density at radius 3 is 2.16 bits per heavy atom. The highest BCUT2D eigenvalue weighted by atomic mass is 16.6. The first-order chi connectivity index (χ1) is 11.7. The third-order valence-corrected chi connectivity index (χ3v) is 4.29. The van der Waals surface area contributed by atoms with E-state index >= 15 is 0 Å². The maximum Gasteiger partial charge on any atom is 0.407 e. The lowest BCUT2D eigenvalue weighted by atomic mass is 10.00.